The number of carbonyl (C=O) groups excluding carboxylic acids is 3. The number of likely N-dealkylation sites (N-methyl/N-ethyl adjacent to an activating group) is 1. The second kappa shape index (κ2) is 9.26. The van der Waals surface area contributed by atoms with E-state index in [1.807, 2.05) is 44.2 Å². The van der Waals surface area contributed by atoms with Gasteiger partial charge in [-0.1, -0.05) is 79.4 Å². The Morgan fingerprint density at radius 3 is 2.41 bits per heavy atom. The highest BCUT2D eigenvalue weighted by atomic mass is 32.2. The van der Waals surface area contributed by atoms with Gasteiger partial charge in [0.2, 0.25) is 0 Å². The Bertz CT molecular complexity index is 1130. The van der Waals surface area contributed by atoms with Gasteiger partial charge in [0, 0.05) is 12.1 Å². The average Bonchev–Trinajstić information content (AvgIpc) is 3.25. The third-order valence-electron chi connectivity index (χ3n) is 5.31. The summed E-state index contributed by atoms with van der Waals surface area (Å²) >= 11 is 6.59. The van der Waals surface area contributed by atoms with Gasteiger partial charge in [0.25, 0.3) is 11.8 Å². The summed E-state index contributed by atoms with van der Waals surface area (Å²) in [6.45, 7) is 4.51. The Balaban J connectivity index is 1.79. The topological polar surface area (TPSA) is 66.9 Å². The lowest BCUT2D eigenvalue weighted by Gasteiger charge is -2.25. The number of anilines is 1. The molecule has 4 rings (SSSR count). The summed E-state index contributed by atoms with van der Waals surface area (Å²) in [4.78, 5) is 43.0. The summed E-state index contributed by atoms with van der Waals surface area (Å²) in [6.07, 6.45) is 0.661. The third-order valence-corrected chi connectivity index (χ3v) is 6.71. The van der Waals surface area contributed by atoms with Crippen molar-refractivity contribution in [3.63, 3.8) is 0 Å². The van der Waals surface area contributed by atoms with E-state index in [0.717, 1.165) is 17.4 Å². The fourth-order valence-electron chi connectivity index (χ4n) is 3.87. The van der Waals surface area contributed by atoms with Crippen LogP contribution in [0.25, 0.3) is 5.57 Å². The highest BCUT2D eigenvalue weighted by Gasteiger charge is 2.46. The van der Waals surface area contributed by atoms with Crippen LogP contribution < -0.4 is 4.90 Å². The molecule has 2 aromatic carbocycles. The first kappa shape index (κ1) is 22.2. The van der Waals surface area contributed by atoms with E-state index in [0.29, 0.717) is 29.7 Å². The largest absolute Gasteiger partial charge is 0.464 e. The van der Waals surface area contributed by atoms with E-state index >= 15 is 0 Å². The number of amides is 2. The second-order valence-electron chi connectivity index (χ2n) is 7.29. The van der Waals surface area contributed by atoms with Crippen LogP contribution in [0.4, 0.5) is 5.69 Å². The minimum absolute atomic E-state index is 0.222. The summed E-state index contributed by atoms with van der Waals surface area (Å²) in [5, 5.41) is 0. The summed E-state index contributed by atoms with van der Waals surface area (Å²) in [5.74, 6) is -1.24. The normalized spacial score (nSPS) is 18.9. The molecule has 0 aliphatic carbocycles. The van der Waals surface area contributed by atoms with Crippen molar-refractivity contribution in [2.75, 3.05) is 18.1 Å². The van der Waals surface area contributed by atoms with Crippen molar-refractivity contribution in [2.45, 2.75) is 26.3 Å². The van der Waals surface area contributed by atoms with E-state index in [1.54, 1.807) is 29.2 Å². The lowest BCUT2D eigenvalue weighted by molar-refractivity contribution is -0.151. The van der Waals surface area contributed by atoms with E-state index in [4.69, 9.17) is 17.0 Å². The van der Waals surface area contributed by atoms with Gasteiger partial charge in [-0.3, -0.25) is 14.5 Å². The lowest BCUT2D eigenvalue weighted by Crippen LogP contribution is -2.38. The van der Waals surface area contributed by atoms with Crippen LogP contribution in [0.15, 0.2) is 59.5 Å². The van der Waals surface area contributed by atoms with E-state index < -0.39 is 17.9 Å². The van der Waals surface area contributed by atoms with Crippen molar-refractivity contribution >= 4 is 57.3 Å². The Labute approximate surface area is 196 Å². The van der Waals surface area contributed by atoms with Crippen LogP contribution in [0.2, 0.25) is 0 Å². The van der Waals surface area contributed by atoms with Gasteiger partial charge in [-0.05, 0) is 25.0 Å². The number of carbonyl (C=O) groups is 3. The number of esters is 1. The van der Waals surface area contributed by atoms with Crippen LogP contribution in [0.5, 0.6) is 0 Å². The van der Waals surface area contributed by atoms with Crippen LogP contribution in [-0.4, -0.2) is 40.2 Å². The molecule has 32 heavy (non-hydrogen) atoms. The summed E-state index contributed by atoms with van der Waals surface area (Å²) in [6, 6.07) is 15.3. The van der Waals surface area contributed by atoms with Gasteiger partial charge in [0.1, 0.15) is 4.32 Å². The van der Waals surface area contributed by atoms with Crippen molar-refractivity contribution < 1.29 is 19.1 Å². The second-order valence-corrected chi connectivity index (χ2v) is 8.94. The molecule has 1 atom stereocenters. The molecule has 0 bridgehead atoms. The monoisotopic (exact) mass is 466 g/mol. The molecular weight excluding hydrogens is 444 g/mol. The van der Waals surface area contributed by atoms with Crippen molar-refractivity contribution in [3.05, 3.63) is 70.6 Å². The average molecular weight is 467 g/mol. The van der Waals surface area contributed by atoms with Gasteiger partial charge >= 0.3 is 5.97 Å². The molecule has 2 aliphatic rings. The van der Waals surface area contributed by atoms with Gasteiger partial charge in [0.15, 0.2) is 6.04 Å². The predicted molar refractivity (Wildman–Crippen MR) is 129 cm³/mol. The molecule has 1 saturated heterocycles. The van der Waals surface area contributed by atoms with Crippen molar-refractivity contribution in [2.24, 2.45) is 0 Å². The molecule has 0 radical (unpaired) electrons. The first-order valence-corrected chi connectivity index (χ1v) is 11.6. The van der Waals surface area contributed by atoms with Crippen molar-refractivity contribution in [3.8, 4) is 0 Å². The molecule has 0 saturated carbocycles. The van der Waals surface area contributed by atoms with E-state index in [2.05, 4.69) is 0 Å². The molecule has 0 spiro atoms. The number of hydrogen-bond donors (Lipinski definition) is 0. The number of nitrogens with zero attached hydrogens (tertiary/aromatic N) is 2. The van der Waals surface area contributed by atoms with E-state index in [9.17, 15) is 14.4 Å². The summed E-state index contributed by atoms with van der Waals surface area (Å²) < 4.78 is 5.62. The molecule has 0 N–H and O–H groups in total. The maximum Gasteiger partial charge on any atom is 0.333 e. The lowest BCUT2D eigenvalue weighted by atomic mass is 10.0. The quantitative estimate of drug-likeness (QED) is 0.359. The highest BCUT2D eigenvalue weighted by Crippen LogP contribution is 2.46. The first-order valence-electron chi connectivity index (χ1n) is 10.4. The fraction of sp³-hybridized carbons (Fsp3) is 0.250. The maximum atomic E-state index is 13.6. The number of thioether (sulfide) groups is 1. The fourth-order valence-corrected chi connectivity index (χ4v) is 5.26. The van der Waals surface area contributed by atoms with Crippen molar-refractivity contribution in [1.82, 2.24) is 4.90 Å². The summed E-state index contributed by atoms with van der Waals surface area (Å²) in [5.41, 5.74) is 2.40. The van der Waals surface area contributed by atoms with Gasteiger partial charge in [-0.15, -0.1) is 0 Å². The smallest absolute Gasteiger partial charge is 0.333 e. The first-order chi connectivity index (χ1) is 15.5. The minimum Gasteiger partial charge on any atom is -0.464 e. The number of benzene rings is 2. The van der Waals surface area contributed by atoms with Crippen LogP contribution in [-0.2, 0) is 19.1 Å². The van der Waals surface area contributed by atoms with Gasteiger partial charge in [0.05, 0.1) is 22.8 Å². The number of thiocarbonyl (C=S) groups is 1. The molecule has 2 amide bonds. The van der Waals surface area contributed by atoms with Crippen molar-refractivity contribution in [1.29, 1.82) is 0 Å². The number of ether oxygens (including phenoxy) is 1. The minimum atomic E-state index is -1.01. The van der Waals surface area contributed by atoms with Gasteiger partial charge in [-0.2, -0.15) is 0 Å². The van der Waals surface area contributed by atoms with Gasteiger partial charge < -0.3 is 9.64 Å². The number of fused-ring (bicyclic) bond motifs is 1. The third kappa shape index (κ3) is 3.73. The SMILES string of the molecule is CCCOC(=O)C(c1ccccc1)N1C(=O)/C(=C2/C(=O)N(CC)c3ccccc32)SC1=S. The standard InChI is InChI=1S/C24H22N2O4S2/c1-3-14-30-23(29)19(15-10-6-5-7-11-15)26-22(28)20(32-24(26)31)18-16-12-8-9-13-17(16)25(4-2)21(18)27/h5-13,19H,3-4,14H2,1-2H3/b20-18-. The van der Waals surface area contributed by atoms with Crippen LogP contribution >= 0.6 is 24.0 Å². The van der Waals surface area contributed by atoms with Crippen LogP contribution in [0.1, 0.15) is 37.4 Å². The zero-order chi connectivity index (χ0) is 22.8. The molecule has 6 nitrogen and oxygen atoms in total. The molecule has 2 heterocycles. The Hall–Kier alpha value is -2.97. The van der Waals surface area contributed by atoms with E-state index in [-0.39, 0.29) is 21.7 Å². The molecule has 8 heteroatoms. The molecule has 1 fully saturated rings. The molecule has 164 valence electrons. The Morgan fingerprint density at radius 2 is 1.72 bits per heavy atom. The number of para-hydroxylation sites is 1. The Morgan fingerprint density at radius 1 is 1.03 bits per heavy atom. The summed E-state index contributed by atoms with van der Waals surface area (Å²) in [7, 11) is 0. The molecule has 2 aromatic rings. The van der Waals surface area contributed by atoms with Crippen LogP contribution in [0, 0.1) is 0 Å². The molecular formula is C24H22N2O4S2. The Kier molecular flexibility index (Phi) is 6.43. The number of hydrogen-bond acceptors (Lipinski definition) is 6. The number of rotatable bonds is 6. The molecule has 0 aromatic heterocycles. The highest BCUT2D eigenvalue weighted by molar-refractivity contribution is 8.26. The zero-order valence-corrected chi connectivity index (χ0v) is 19.4. The van der Waals surface area contributed by atoms with E-state index in [1.165, 1.54) is 4.90 Å². The molecule has 2 aliphatic heterocycles. The predicted octanol–water partition coefficient (Wildman–Crippen LogP) is 4.32. The zero-order valence-electron chi connectivity index (χ0n) is 17.7. The maximum absolute atomic E-state index is 13.6. The van der Waals surface area contributed by atoms with Gasteiger partial charge in [-0.25, -0.2) is 4.79 Å². The van der Waals surface area contributed by atoms with Crippen LogP contribution in [0.3, 0.4) is 0 Å². The molecule has 1 unspecified atom stereocenters.